The van der Waals surface area contributed by atoms with Gasteiger partial charge < -0.3 is 5.32 Å². The highest BCUT2D eigenvalue weighted by atomic mass is 19.4. The van der Waals surface area contributed by atoms with E-state index in [1.165, 1.54) is 4.68 Å². The Bertz CT molecular complexity index is 1650. The molecule has 3 aromatic heterocycles. The number of benzene rings is 2. The maximum atomic E-state index is 13.8. The van der Waals surface area contributed by atoms with E-state index in [-0.39, 0.29) is 22.7 Å². The molecule has 8 nitrogen and oxygen atoms in total. The van der Waals surface area contributed by atoms with Crippen molar-refractivity contribution in [2.45, 2.75) is 13.1 Å². The van der Waals surface area contributed by atoms with Crippen molar-refractivity contribution in [1.82, 2.24) is 24.0 Å². The van der Waals surface area contributed by atoms with Gasteiger partial charge in [-0.25, -0.2) is 14.2 Å². The highest BCUT2D eigenvalue weighted by molar-refractivity contribution is 6.03. The molecule has 3 heterocycles. The molecular weight excluding hydrogens is 473 g/mol. The molecule has 5 aromatic rings. The molecule has 2 aromatic carbocycles. The van der Waals surface area contributed by atoms with Gasteiger partial charge in [-0.2, -0.15) is 18.3 Å². The summed E-state index contributed by atoms with van der Waals surface area (Å²) in [6, 6.07) is 19.3. The summed E-state index contributed by atoms with van der Waals surface area (Å²) < 4.78 is 45.1. The van der Waals surface area contributed by atoms with Gasteiger partial charge in [-0.15, -0.1) is 0 Å². The van der Waals surface area contributed by atoms with Crippen LogP contribution in [-0.2, 0) is 13.2 Å². The molecule has 0 unspecified atom stereocenters. The number of amides is 1. The van der Waals surface area contributed by atoms with E-state index >= 15 is 0 Å². The minimum Gasteiger partial charge on any atom is -0.314 e. The molecule has 0 spiro atoms. The number of nitrogens with one attached hydrogen (secondary N) is 1. The zero-order valence-corrected chi connectivity index (χ0v) is 19.1. The van der Waals surface area contributed by atoms with Crippen LogP contribution in [0.3, 0.4) is 0 Å². The molecule has 0 aliphatic carbocycles. The number of fused-ring (bicyclic) bond motifs is 1. The molecule has 0 saturated carbocycles. The van der Waals surface area contributed by atoms with Gasteiger partial charge in [0.15, 0.2) is 17.0 Å². The number of para-hydroxylation sites is 1. The standard InChI is InChI=1S/C25H19F3N6O2/c1-15-22(24(36)34(32(15)2)17-11-7-4-8-12-17)30-23(35)19-14-21-29-18(16-9-5-3-6-10-16)13-20(25(26,27)28)33(21)31-19/h3-14H,1-2H3,(H,30,35). The Morgan fingerprint density at radius 1 is 0.972 bits per heavy atom. The summed E-state index contributed by atoms with van der Waals surface area (Å²) in [7, 11) is 1.66. The fourth-order valence-corrected chi connectivity index (χ4v) is 3.93. The molecule has 0 atom stereocenters. The Morgan fingerprint density at radius 2 is 1.61 bits per heavy atom. The predicted octanol–water partition coefficient (Wildman–Crippen LogP) is 4.47. The lowest BCUT2D eigenvalue weighted by Crippen LogP contribution is -2.23. The lowest BCUT2D eigenvalue weighted by atomic mass is 10.1. The van der Waals surface area contributed by atoms with Gasteiger partial charge in [0.25, 0.3) is 11.5 Å². The number of hydrogen-bond donors (Lipinski definition) is 1. The van der Waals surface area contributed by atoms with Crippen molar-refractivity contribution in [1.29, 1.82) is 0 Å². The van der Waals surface area contributed by atoms with Crippen molar-refractivity contribution < 1.29 is 18.0 Å². The highest BCUT2D eigenvalue weighted by Gasteiger charge is 2.36. The second kappa shape index (κ2) is 8.52. The quantitative estimate of drug-likeness (QED) is 0.401. The molecule has 0 saturated heterocycles. The SMILES string of the molecule is Cc1c(NC(=O)c2cc3nc(-c4ccccc4)cc(C(F)(F)F)n3n2)c(=O)n(-c2ccccc2)n1C. The van der Waals surface area contributed by atoms with E-state index in [1.807, 2.05) is 6.07 Å². The van der Waals surface area contributed by atoms with Gasteiger partial charge in [0.1, 0.15) is 5.69 Å². The molecule has 11 heteroatoms. The number of anilines is 1. The Morgan fingerprint density at radius 3 is 2.25 bits per heavy atom. The molecule has 0 fully saturated rings. The van der Waals surface area contributed by atoms with Crippen LogP contribution in [0.1, 0.15) is 21.9 Å². The van der Waals surface area contributed by atoms with Crippen molar-refractivity contribution in [3.63, 3.8) is 0 Å². The van der Waals surface area contributed by atoms with Crippen LogP contribution in [0.25, 0.3) is 22.6 Å². The first-order valence-electron chi connectivity index (χ1n) is 10.8. The Kier molecular flexibility index (Phi) is 5.47. The number of halogens is 3. The van der Waals surface area contributed by atoms with Crippen molar-refractivity contribution in [3.8, 4) is 16.9 Å². The second-order valence-electron chi connectivity index (χ2n) is 8.08. The number of nitrogens with zero attached hydrogens (tertiary/aromatic N) is 5. The lowest BCUT2D eigenvalue weighted by molar-refractivity contribution is -0.142. The van der Waals surface area contributed by atoms with E-state index in [4.69, 9.17) is 0 Å². The summed E-state index contributed by atoms with van der Waals surface area (Å²) in [5, 5.41) is 6.38. The van der Waals surface area contributed by atoms with Crippen LogP contribution in [-0.4, -0.2) is 29.9 Å². The third-order valence-electron chi connectivity index (χ3n) is 5.81. The predicted molar refractivity (Wildman–Crippen MR) is 127 cm³/mol. The van der Waals surface area contributed by atoms with Crippen LogP contribution in [0.15, 0.2) is 77.6 Å². The largest absolute Gasteiger partial charge is 0.433 e. The zero-order valence-electron chi connectivity index (χ0n) is 19.1. The topological polar surface area (TPSA) is 86.2 Å². The fraction of sp³-hybridized carbons (Fsp3) is 0.120. The molecule has 0 aliphatic heterocycles. The number of aromatic nitrogens is 5. The van der Waals surface area contributed by atoms with Crippen LogP contribution >= 0.6 is 0 Å². The first-order chi connectivity index (χ1) is 17.1. The van der Waals surface area contributed by atoms with E-state index in [0.717, 1.165) is 12.1 Å². The van der Waals surface area contributed by atoms with Gasteiger partial charge in [0.05, 0.1) is 17.1 Å². The van der Waals surface area contributed by atoms with Crippen molar-refractivity contribution in [2.24, 2.45) is 7.05 Å². The Labute approximate surface area is 202 Å². The smallest absolute Gasteiger partial charge is 0.314 e. The van der Waals surface area contributed by atoms with Crippen molar-refractivity contribution in [2.75, 3.05) is 5.32 Å². The molecule has 182 valence electrons. The molecule has 0 bridgehead atoms. The van der Waals surface area contributed by atoms with E-state index in [1.54, 1.807) is 73.3 Å². The number of carbonyl (C=O) groups is 1. The molecule has 1 amide bonds. The number of hydrogen-bond acceptors (Lipinski definition) is 4. The summed E-state index contributed by atoms with van der Waals surface area (Å²) in [5.74, 6) is -0.833. The monoisotopic (exact) mass is 492 g/mol. The molecular formula is C25H19F3N6O2. The first kappa shape index (κ1) is 23.1. The summed E-state index contributed by atoms with van der Waals surface area (Å²) in [5.41, 5.74) is -0.405. The lowest BCUT2D eigenvalue weighted by Gasteiger charge is -2.10. The summed E-state index contributed by atoms with van der Waals surface area (Å²) in [6.45, 7) is 1.65. The summed E-state index contributed by atoms with van der Waals surface area (Å²) in [4.78, 5) is 30.4. The Hall–Kier alpha value is -4.67. The van der Waals surface area contributed by atoms with Gasteiger partial charge in [0.2, 0.25) is 0 Å². The number of carbonyl (C=O) groups excluding carboxylic acids is 1. The average Bonchev–Trinajstić information content (AvgIpc) is 3.39. The average molecular weight is 492 g/mol. The first-order valence-corrected chi connectivity index (χ1v) is 10.8. The summed E-state index contributed by atoms with van der Waals surface area (Å²) >= 11 is 0. The molecule has 36 heavy (non-hydrogen) atoms. The van der Waals surface area contributed by atoms with Crippen LogP contribution in [0.2, 0.25) is 0 Å². The maximum absolute atomic E-state index is 13.8. The normalized spacial score (nSPS) is 11.7. The van der Waals surface area contributed by atoms with Crippen LogP contribution in [0.4, 0.5) is 18.9 Å². The molecule has 5 rings (SSSR count). The molecule has 1 N–H and O–H groups in total. The van der Waals surface area contributed by atoms with E-state index in [2.05, 4.69) is 15.4 Å². The van der Waals surface area contributed by atoms with Crippen LogP contribution < -0.4 is 10.9 Å². The van der Waals surface area contributed by atoms with Gasteiger partial charge in [-0.3, -0.25) is 14.3 Å². The minimum atomic E-state index is -4.75. The summed E-state index contributed by atoms with van der Waals surface area (Å²) in [6.07, 6.45) is -4.75. The van der Waals surface area contributed by atoms with Crippen molar-refractivity contribution in [3.05, 3.63) is 100 Å². The van der Waals surface area contributed by atoms with Crippen LogP contribution in [0.5, 0.6) is 0 Å². The Balaban J connectivity index is 1.56. The minimum absolute atomic E-state index is 0.00242. The molecule has 0 radical (unpaired) electrons. The number of rotatable bonds is 4. The third-order valence-corrected chi connectivity index (χ3v) is 5.81. The van der Waals surface area contributed by atoms with Gasteiger partial charge in [-0.05, 0) is 25.1 Å². The van der Waals surface area contributed by atoms with E-state index < -0.39 is 23.3 Å². The number of alkyl halides is 3. The van der Waals surface area contributed by atoms with E-state index in [0.29, 0.717) is 21.5 Å². The van der Waals surface area contributed by atoms with E-state index in [9.17, 15) is 22.8 Å². The molecule has 0 aliphatic rings. The zero-order chi connectivity index (χ0) is 25.6. The van der Waals surface area contributed by atoms with Gasteiger partial charge in [-0.1, -0.05) is 48.5 Å². The third kappa shape index (κ3) is 3.94. The van der Waals surface area contributed by atoms with Gasteiger partial charge >= 0.3 is 6.18 Å². The highest BCUT2D eigenvalue weighted by Crippen LogP contribution is 2.32. The second-order valence-corrected chi connectivity index (χ2v) is 8.08. The maximum Gasteiger partial charge on any atom is 0.433 e. The fourth-order valence-electron chi connectivity index (χ4n) is 3.93. The van der Waals surface area contributed by atoms with Crippen LogP contribution in [0, 0.1) is 6.92 Å². The van der Waals surface area contributed by atoms with Gasteiger partial charge in [0, 0.05) is 18.7 Å². The van der Waals surface area contributed by atoms with Crippen molar-refractivity contribution >= 4 is 17.2 Å².